The van der Waals surface area contributed by atoms with Crippen molar-refractivity contribution in [2.45, 2.75) is 26.2 Å². The van der Waals surface area contributed by atoms with Crippen molar-refractivity contribution in [3.8, 4) is 0 Å². The molecule has 0 saturated heterocycles. The third kappa shape index (κ3) is 3.91. The van der Waals surface area contributed by atoms with Crippen LogP contribution in [0, 0.1) is 12.7 Å². The molecule has 0 radical (unpaired) electrons. The number of aryl methyl sites for hydroxylation is 1. The molecule has 0 aromatic heterocycles. The van der Waals surface area contributed by atoms with E-state index >= 15 is 0 Å². The number of hydrogen-bond acceptors (Lipinski definition) is 1. The maximum Gasteiger partial charge on any atom is 0.123 e. The van der Waals surface area contributed by atoms with E-state index in [2.05, 4.69) is 43.4 Å². The molecule has 0 aliphatic rings. The minimum absolute atomic E-state index is 0.174. The van der Waals surface area contributed by atoms with E-state index in [1.807, 2.05) is 12.1 Å². The average molecular weight is 271 g/mol. The molecule has 0 fully saturated rings. The number of halogens is 1. The van der Waals surface area contributed by atoms with Gasteiger partial charge in [0.2, 0.25) is 0 Å². The lowest BCUT2D eigenvalue weighted by atomic mass is 9.90. The Morgan fingerprint density at radius 2 is 1.75 bits per heavy atom. The molecule has 0 heterocycles. The van der Waals surface area contributed by atoms with Gasteiger partial charge >= 0.3 is 0 Å². The van der Waals surface area contributed by atoms with Crippen LogP contribution in [0.1, 0.15) is 29.5 Å². The quantitative estimate of drug-likeness (QED) is 0.835. The Morgan fingerprint density at radius 3 is 2.40 bits per heavy atom. The first-order chi connectivity index (χ1) is 9.70. The van der Waals surface area contributed by atoms with Gasteiger partial charge in [0, 0.05) is 12.5 Å². The Bertz CT molecular complexity index is 533. The molecule has 106 valence electrons. The second kappa shape index (κ2) is 7.20. The van der Waals surface area contributed by atoms with Crippen LogP contribution in [0.3, 0.4) is 0 Å². The largest absolute Gasteiger partial charge is 0.316 e. The maximum absolute atomic E-state index is 13.1. The molecule has 20 heavy (non-hydrogen) atoms. The van der Waals surface area contributed by atoms with Crippen LogP contribution >= 0.6 is 0 Å². The van der Waals surface area contributed by atoms with Crippen LogP contribution in [0.25, 0.3) is 0 Å². The molecule has 1 atom stereocenters. The molecule has 0 aliphatic carbocycles. The molecule has 0 saturated carbocycles. The minimum atomic E-state index is -0.174. The Kier molecular flexibility index (Phi) is 5.31. The number of benzene rings is 2. The molecule has 1 N–H and O–H groups in total. The predicted molar refractivity (Wildman–Crippen MR) is 82.6 cm³/mol. The third-order valence-corrected chi connectivity index (χ3v) is 3.71. The van der Waals surface area contributed by atoms with E-state index in [9.17, 15) is 4.39 Å². The van der Waals surface area contributed by atoms with E-state index in [1.165, 1.54) is 16.7 Å². The molecule has 1 unspecified atom stereocenters. The molecule has 0 aliphatic heterocycles. The second-order valence-corrected chi connectivity index (χ2v) is 5.19. The lowest BCUT2D eigenvalue weighted by Crippen LogP contribution is -2.23. The van der Waals surface area contributed by atoms with Crippen LogP contribution < -0.4 is 5.32 Å². The number of hydrogen-bond donors (Lipinski definition) is 1. The zero-order chi connectivity index (χ0) is 14.4. The fourth-order valence-electron chi connectivity index (χ4n) is 2.47. The standard InChI is InChI=1S/C18H22FN/c1-3-20-13-17(15-8-10-18(19)11-9-15)12-16-7-5-4-6-14(16)2/h4-11,17,20H,3,12-13H2,1-2H3. The topological polar surface area (TPSA) is 12.0 Å². The van der Waals surface area contributed by atoms with Gasteiger partial charge in [0.1, 0.15) is 5.82 Å². The highest BCUT2D eigenvalue weighted by molar-refractivity contribution is 5.30. The van der Waals surface area contributed by atoms with Crippen LogP contribution in [0.2, 0.25) is 0 Å². The van der Waals surface area contributed by atoms with Gasteiger partial charge in [0.25, 0.3) is 0 Å². The van der Waals surface area contributed by atoms with Gasteiger partial charge < -0.3 is 5.32 Å². The summed E-state index contributed by atoms with van der Waals surface area (Å²) in [5.41, 5.74) is 3.87. The normalized spacial score (nSPS) is 12.3. The van der Waals surface area contributed by atoms with E-state index < -0.39 is 0 Å². The smallest absolute Gasteiger partial charge is 0.123 e. The van der Waals surface area contributed by atoms with Gasteiger partial charge in [-0.2, -0.15) is 0 Å². The van der Waals surface area contributed by atoms with Crippen molar-refractivity contribution in [2.24, 2.45) is 0 Å². The van der Waals surface area contributed by atoms with E-state index in [0.29, 0.717) is 5.92 Å². The van der Waals surface area contributed by atoms with Crippen LogP contribution in [-0.4, -0.2) is 13.1 Å². The molecule has 2 heteroatoms. The fourth-order valence-corrected chi connectivity index (χ4v) is 2.47. The first kappa shape index (κ1) is 14.7. The first-order valence-electron chi connectivity index (χ1n) is 7.21. The zero-order valence-electron chi connectivity index (χ0n) is 12.2. The number of likely N-dealkylation sites (N-methyl/N-ethyl adjacent to an activating group) is 1. The van der Waals surface area contributed by atoms with Crippen LogP contribution in [0.4, 0.5) is 4.39 Å². The average Bonchev–Trinajstić information content (AvgIpc) is 2.46. The Hall–Kier alpha value is -1.67. The minimum Gasteiger partial charge on any atom is -0.316 e. The summed E-state index contributed by atoms with van der Waals surface area (Å²) < 4.78 is 13.1. The van der Waals surface area contributed by atoms with Crippen LogP contribution in [0.5, 0.6) is 0 Å². The monoisotopic (exact) mass is 271 g/mol. The summed E-state index contributed by atoms with van der Waals surface area (Å²) in [6.45, 7) is 6.11. The van der Waals surface area contributed by atoms with Gasteiger partial charge in [-0.15, -0.1) is 0 Å². The summed E-state index contributed by atoms with van der Waals surface area (Å²) in [5, 5.41) is 3.41. The van der Waals surface area contributed by atoms with Gasteiger partial charge in [-0.05, 0) is 48.7 Å². The van der Waals surface area contributed by atoms with E-state index in [4.69, 9.17) is 0 Å². The van der Waals surface area contributed by atoms with Crippen molar-refractivity contribution in [2.75, 3.05) is 13.1 Å². The zero-order valence-corrected chi connectivity index (χ0v) is 12.2. The molecule has 0 amide bonds. The Balaban J connectivity index is 2.19. The fraction of sp³-hybridized carbons (Fsp3) is 0.333. The van der Waals surface area contributed by atoms with Crippen LogP contribution in [-0.2, 0) is 6.42 Å². The maximum atomic E-state index is 13.1. The van der Waals surface area contributed by atoms with Crippen molar-refractivity contribution in [3.05, 3.63) is 71.0 Å². The molecule has 2 aromatic carbocycles. The van der Waals surface area contributed by atoms with Crippen LogP contribution in [0.15, 0.2) is 48.5 Å². The van der Waals surface area contributed by atoms with Gasteiger partial charge in [0.15, 0.2) is 0 Å². The Morgan fingerprint density at radius 1 is 1.05 bits per heavy atom. The van der Waals surface area contributed by atoms with Gasteiger partial charge in [-0.3, -0.25) is 0 Å². The van der Waals surface area contributed by atoms with Gasteiger partial charge in [0.05, 0.1) is 0 Å². The first-order valence-corrected chi connectivity index (χ1v) is 7.21. The summed E-state index contributed by atoms with van der Waals surface area (Å²) in [6, 6.07) is 15.4. The molecule has 2 aromatic rings. The second-order valence-electron chi connectivity index (χ2n) is 5.19. The van der Waals surface area contributed by atoms with E-state index in [-0.39, 0.29) is 5.82 Å². The van der Waals surface area contributed by atoms with Crippen molar-refractivity contribution in [1.82, 2.24) is 5.32 Å². The lowest BCUT2D eigenvalue weighted by Gasteiger charge is -2.19. The SMILES string of the molecule is CCNCC(Cc1ccccc1C)c1ccc(F)cc1. The van der Waals surface area contributed by atoms with Gasteiger partial charge in [-0.1, -0.05) is 43.3 Å². The Labute approximate surface area is 120 Å². The summed E-state index contributed by atoms with van der Waals surface area (Å²) in [4.78, 5) is 0. The molecular weight excluding hydrogens is 249 g/mol. The van der Waals surface area contributed by atoms with Crippen molar-refractivity contribution in [3.63, 3.8) is 0 Å². The highest BCUT2D eigenvalue weighted by Crippen LogP contribution is 2.22. The van der Waals surface area contributed by atoms with Crippen molar-refractivity contribution < 1.29 is 4.39 Å². The van der Waals surface area contributed by atoms with E-state index in [1.54, 1.807) is 12.1 Å². The highest BCUT2D eigenvalue weighted by atomic mass is 19.1. The molecule has 1 nitrogen and oxygen atoms in total. The van der Waals surface area contributed by atoms with Gasteiger partial charge in [-0.25, -0.2) is 4.39 Å². The number of rotatable bonds is 6. The summed E-state index contributed by atoms with van der Waals surface area (Å²) in [6.07, 6.45) is 0.977. The molecule has 0 spiro atoms. The predicted octanol–water partition coefficient (Wildman–Crippen LogP) is 4.07. The molecule has 2 rings (SSSR count). The third-order valence-electron chi connectivity index (χ3n) is 3.71. The molecule has 0 bridgehead atoms. The van der Waals surface area contributed by atoms with Crippen molar-refractivity contribution >= 4 is 0 Å². The summed E-state index contributed by atoms with van der Waals surface area (Å²) in [5.74, 6) is 0.198. The summed E-state index contributed by atoms with van der Waals surface area (Å²) >= 11 is 0. The summed E-state index contributed by atoms with van der Waals surface area (Å²) in [7, 11) is 0. The lowest BCUT2D eigenvalue weighted by molar-refractivity contribution is 0.589. The van der Waals surface area contributed by atoms with E-state index in [0.717, 1.165) is 19.5 Å². The molecular formula is C18H22FN. The number of nitrogens with one attached hydrogen (secondary N) is 1. The van der Waals surface area contributed by atoms with Crippen molar-refractivity contribution in [1.29, 1.82) is 0 Å². The highest BCUT2D eigenvalue weighted by Gasteiger charge is 2.13.